The standard InChI is InChI=1S/C12H10N4O6S/c13-12(17)15-23(20,21)10-4-1-8(2-5-10)14-7-9-3-6-11(22-9)16(18)19/h1-7H,(H3,13,15,17). The van der Waals surface area contributed by atoms with Crippen LogP contribution in [-0.4, -0.2) is 25.6 Å². The number of urea groups is 1. The van der Waals surface area contributed by atoms with Crippen molar-refractivity contribution in [2.75, 3.05) is 0 Å². The number of hydrogen-bond acceptors (Lipinski definition) is 7. The number of benzene rings is 1. The third kappa shape index (κ3) is 4.14. The van der Waals surface area contributed by atoms with E-state index >= 15 is 0 Å². The molecule has 3 N–H and O–H groups in total. The summed E-state index contributed by atoms with van der Waals surface area (Å²) >= 11 is 0. The molecule has 0 atom stereocenters. The quantitative estimate of drug-likeness (QED) is 0.475. The van der Waals surface area contributed by atoms with Crippen molar-refractivity contribution in [3.63, 3.8) is 0 Å². The van der Waals surface area contributed by atoms with Crippen LogP contribution in [0.2, 0.25) is 0 Å². The average Bonchev–Trinajstić information content (AvgIpc) is 2.93. The molecule has 0 fully saturated rings. The van der Waals surface area contributed by atoms with Crippen molar-refractivity contribution in [3.05, 3.63) is 52.3 Å². The highest BCUT2D eigenvalue weighted by Gasteiger charge is 2.15. The second-order valence-corrected chi connectivity index (χ2v) is 5.84. The van der Waals surface area contributed by atoms with E-state index < -0.39 is 26.9 Å². The number of carbonyl (C=O) groups excluding carboxylic acids is 1. The summed E-state index contributed by atoms with van der Waals surface area (Å²) in [6.07, 6.45) is 1.25. The van der Waals surface area contributed by atoms with E-state index in [1.807, 2.05) is 0 Å². The summed E-state index contributed by atoms with van der Waals surface area (Å²) in [5.41, 5.74) is 5.15. The third-order valence-electron chi connectivity index (χ3n) is 2.52. The molecule has 1 heterocycles. The molecule has 23 heavy (non-hydrogen) atoms. The first-order valence-electron chi connectivity index (χ1n) is 5.98. The van der Waals surface area contributed by atoms with E-state index in [0.29, 0.717) is 5.69 Å². The number of nitro groups is 1. The first-order valence-corrected chi connectivity index (χ1v) is 7.47. The predicted molar refractivity (Wildman–Crippen MR) is 79.0 cm³/mol. The predicted octanol–water partition coefficient (Wildman–Crippen LogP) is 1.30. The summed E-state index contributed by atoms with van der Waals surface area (Å²) in [4.78, 5) is 24.2. The van der Waals surface area contributed by atoms with Gasteiger partial charge in [0, 0.05) is 0 Å². The lowest BCUT2D eigenvalue weighted by molar-refractivity contribution is -0.402. The first-order chi connectivity index (χ1) is 10.8. The van der Waals surface area contributed by atoms with Crippen LogP contribution in [-0.2, 0) is 10.0 Å². The number of rotatable bonds is 5. The summed E-state index contributed by atoms with van der Waals surface area (Å²) in [7, 11) is -4.02. The van der Waals surface area contributed by atoms with Gasteiger partial charge in [-0.1, -0.05) is 0 Å². The van der Waals surface area contributed by atoms with Gasteiger partial charge in [-0.2, -0.15) is 0 Å². The van der Waals surface area contributed by atoms with Crippen LogP contribution in [0.1, 0.15) is 5.76 Å². The third-order valence-corrected chi connectivity index (χ3v) is 3.88. The van der Waals surface area contributed by atoms with E-state index in [0.717, 1.165) is 0 Å². The van der Waals surface area contributed by atoms with Crippen LogP contribution in [0.25, 0.3) is 0 Å². The van der Waals surface area contributed by atoms with Crippen molar-refractivity contribution in [1.29, 1.82) is 0 Å². The Morgan fingerprint density at radius 1 is 1.26 bits per heavy atom. The second-order valence-electron chi connectivity index (χ2n) is 4.15. The molecule has 0 aliphatic rings. The number of nitrogens with one attached hydrogen (secondary N) is 1. The number of sulfonamides is 1. The molecule has 0 unspecified atom stereocenters. The molecule has 0 saturated heterocycles. The minimum atomic E-state index is -4.02. The Morgan fingerprint density at radius 2 is 1.91 bits per heavy atom. The summed E-state index contributed by atoms with van der Waals surface area (Å²) in [5, 5.41) is 10.5. The Kier molecular flexibility index (Phi) is 4.41. The highest BCUT2D eigenvalue weighted by molar-refractivity contribution is 7.90. The van der Waals surface area contributed by atoms with Crippen molar-refractivity contribution < 1.29 is 22.6 Å². The fourth-order valence-corrected chi connectivity index (χ4v) is 2.43. The number of furan rings is 1. The zero-order valence-electron chi connectivity index (χ0n) is 11.4. The van der Waals surface area contributed by atoms with Crippen LogP contribution >= 0.6 is 0 Å². The fourth-order valence-electron chi connectivity index (χ4n) is 1.55. The molecule has 0 saturated carbocycles. The summed E-state index contributed by atoms with van der Waals surface area (Å²) in [6, 6.07) is 6.58. The van der Waals surface area contributed by atoms with Crippen LogP contribution in [0.3, 0.4) is 0 Å². The average molecular weight is 338 g/mol. The Balaban J connectivity index is 2.14. The molecule has 10 nitrogen and oxygen atoms in total. The number of nitrogens with zero attached hydrogens (tertiary/aromatic N) is 2. The molecule has 0 radical (unpaired) electrons. The van der Waals surface area contributed by atoms with E-state index in [1.165, 1.54) is 42.6 Å². The molecule has 1 aromatic heterocycles. The zero-order chi connectivity index (χ0) is 17.0. The maximum absolute atomic E-state index is 11.7. The molecule has 0 aliphatic heterocycles. The van der Waals surface area contributed by atoms with Gasteiger partial charge >= 0.3 is 11.9 Å². The van der Waals surface area contributed by atoms with Crippen LogP contribution in [0.5, 0.6) is 0 Å². The molecular formula is C12H10N4O6S. The molecule has 0 spiro atoms. The fraction of sp³-hybridized carbons (Fsp3) is 0. The molecule has 1 aromatic carbocycles. The van der Waals surface area contributed by atoms with Crippen molar-refractivity contribution >= 4 is 33.8 Å². The molecule has 2 amide bonds. The smallest absolute Gasteiger partial charge is 0.400 e. The van der Waals surface area contributed by atoms with Crippen molar-refractivity contribution in [3.8, 4) is 0 Å². The highest BCUT2D eigenvalue weighted by Crippen LogP contribution is 2.18. The Morgan fingerprint density at radius 3 is 2.43 bits per heavy atom. The number of hydrogen-bond donors (Lipinski definition) is 2. The van der Waals surface area contributed by atoms with Gasteiger partial charge in [0.25, 0.3) is 10.0 Å². The van der Waals surface area contributed by atoms with Crippen LogP contribution in [0.4, 0.5) is 16.4 Å². The van der Waals surface area contributed by atoms with Gasteiger partial charge in [0.2, 0.25) is 0 Å². The lowest BCUT2D eigenvalue weighted by atomic mass is 10.3. The van der Waals surface area contributed by atoms with E-state index in [1.54, 1.807) is 4.72 Å². The normalized spacial score (nSPS) is 11.5. The topological polar surface area (TPSA) is 158 Å². The van der Waals surface area contributed by atoms with Gasteiger partial charge in [-0.05, 0) is 30.3 Å². The summed E-state index contributed by atoms with van der Waals surface area (Å²) in [6.45, 7) is 0. The van der Waals surface area contributed by atoms with E-state index in [4.69, 9.17) is 10.2 Å². The lowest BCUT2D eigenvalue weighted by Crippen LogP contribution is -2.34. The molecule has 0 bridgehead atoms. The molecule has 0 aliphatic carbocycles. The van der Waals surface area contributed by atoms with E-state index in [9.17, 15) is 23.3 Å². The number of primary amides is 1. The largest absolute Gasteiger partial charge is 0.433 e. The van der Waals surface area contributed by atoms with E-state index in [2.05, 4.69) is 4.99 Å². The maximum Gasteiger partial charge on any atom is 0.433 e. The van der Waals surface area contributed by atoms with Crippen molar-refractivity contribution in [2.24, 2.45) is 10.7 Å². The number of nitrogens with two attached hydrogens (primary N) is 1. The van der Waals surface area contributed by atoms with Gasteiger partial charge in [-0.25, -0.2) is 17.9 Å². The highest BCUT2D eigenvalue weighted by atomic mass is 32.2. The maximum atomic E-state index is 11.7. The van der Waals surface area contributed by atoms with Gasteiger partial charge in [-0.15, -0.1) is 0 Å². The Hall–Kier alpha value is -3.21. The van der Waals surface area contributed by atoms with Crippen LogP contribution in [0.15, 0.2) is 50.7 Å². The van der Waals surface area contributed by atoms with Crippen molar-refractivity contribution in [1.82, 2.24) is 4.72 Å². The molecule has 120 valence electrons. The molecule has 2 rings (SSSR count). The number of amides is 2. The summed E-state index contributed by atoms with van der Waals surface area (Å²) in [5.74, 6) is -0.241. The van der Waals surface area contributed by atoms with Gasteiger partial charge in [0.1, 0.15) is 4.92 Å². The van der Waals surface area contributed by atoms with Gasteiger partial charge in [0.15, 0.2) is 5.76 Å². The zero-order valence-corrected chi connectivity index (χ0v) is 12.2. The lowest BCUT2D eigenvalue weighted by Gasteiger charge is -2.04. The van der Waals surface area contributed by atoms with Crippen molar-refractivity contribution in [2.45, 2.75) is 4.90 Å². The molecule has 2 aromatic rings. The Labute approximate surface area is 129 Å². The monoisotopic (exact) mass is 338 g/mol. The SMILES string of the molecule is NC(=O)NS(=O)(=O)c1ccc(N=Cc2ccc([N+](=O)[O-])o2)cc1. The van der Waals surface area contributed by atoms with Gasteiger partial charge in [0.05, 0.1) is 22.9 Å². The molecule has 11 heteroatoms. The van der Waals surface area contributed by atoms with E-state index in [-0.39, 0.29) is 10.7 Å². The first kappa shape index (κ1) is 16.2. The Bertz CT molecular complexity index is 869. The number of carbonyl (C=O) groups is 1. The van der Waals surface area contributed by atoms with Gasteiger partial charge < -0.3 is 10.2 Å². The minimum absolute atomic E-state index is 0.163. The summed E-state index contributed by atoms with van der Waals surface area (Å²) < 4.78 is 29.8. The second kappa shape index (κ2) is 6.27. The van der Waals surface area contributed by atoms with Crippen LogP contribution < -0.4 is 10.5 Å². The van der Waals surface area contributed by atoms with Gasteiger partial charge in [-0.3, -0.25) is 15.1 Å². The number of aliphatic imine (C=N–C) groups is 1. The minimum Gasteiger partial charge on any atom is -0.400 e. The molecular weight excluding hydrogens is 328 g/mol. The van der Waals surface area contributed by atoms with Crippen LogP contribution in [0, 0.1) is 10.1 Å².